The third-order valence-electron chi connectivity index (χ3n) is 5.06. The van der Waals surface area contributed by atoms with Crippen LogP contribution in [0.4, 0.5) is 11.4 Å². The molecule has 0 bridgehead atoms. The van der Waals surface area contributed by atoms with Crippen molar-refractivity contribution in [1.29, 1.82) is 0 Å². The summed E-state index contributed by atoms with van der Waals surface area (Å²) in [6.07, 6.45) is 0.196. The third-order valence-corrected chi connectivity index (χ3v) is 5.29. The van der Waals surface area contributed by atoms with Gasteiger partial charge in [-0.1, -0.05) is 66.2 Å². The van der Waals surface area contributed by atoms with Crippen LogP contribution < -0.4 is 21.3 Å². The molecule has 1 heterocycles. The Labute approximate surface area is 165 Å². The number of hydrogen-bond donors (Lipinski definition) is 2. The Hall–Kier alpha value is -2.53. The third kappa shape index (κ3) is 3.52. The zero-order chi connectivity index (χ0) is 18.8. The number of nitrogens with zero attached hydrogens (tertiary/aromatic N) is 2. The van der Waals surface area contributed by atoms with Crippen molar-refractivity contribution in [3.63, 3.8) is 0 Å². The second kappa shape index (κ2) is 7.61. The van der Waals surface area contributed by atoms with Gasteiger partial charge < -0.3 is 15.5 Å². The van der Waals surface area contributed by atoms with Gasteiger partial charge in [0.2, 0.25) is 0 Å². The molecule has 0 saturated heterocycles. The summed E-state index contributed by atoms with van der Waals surface area (Å²) < 4.78 is 0. The molecular formula is C22H23ClN4. The second-order valence-corrected chi connectivity index (χ2v) is 7.17. The Balaban J connectivity index is 1.70. The quantitative estimate of drug-likeness (QED) is 0.717. The molecule has 138 valence electrons. The molecule has 5 heteroatoms. The number of halogens is 1. The van der Waals surface area contributed by atoms with E-state index in [0.29, 0.717) is 5.02 Å². The summed E-state index contributed by atoms with van der Waals surface area (Å²) in [4.78, 5) is 4.24. The Morgan fingerprint density at radius 1 is 0.852 bits per heavy atom. The van der Waals surface area contributed by atoms with Crippen LogP contribution in [0.3, 0.4) is 0 Å². The van der Waals surface area contributed by atoms with Gasteiger partial charge in [-0.25, -0.2) is 0 Å². The molecule has 4 nitrogen and oxygen atoms in total. The van der Waals surface area contributed by atoms with Gasteiger partial charge in [-0.3, -0.25) is 5.73 Å². The van der Waals surface area contributed by atoms with E-state index < -0.39 is 0 Å². The molecule has 2 atom stereocenters. The average Bonchev–Trinajstić information content (AvgIpc) is 2.69. The highest BCUT2D eigenvalue weighted by atomic mass is 35.5. The van der Waals surface area contributed by atoms with Crippen molar-refractivity contribution >= 4 is 23.0 Å². The molecule has 0 aliphatic carbocycles. The second-order valence-electron chi connectivity index (χ2n) is 6.73. The Morgan fingerprint density at radius 3 is 2.37 bits per heavy atom. The molecule has 3 aromatic carbocycles. The van der Waals surface area contributed by atoms with Gasteiger partial charge in [-0.2, -0.15) is 0 Å². The minimum atomic E-state index is -0.378. The summed E-state index contributed by atoms with van der Waals surface area (Å²) >= 11 is 6.22. The number of para-hydroxylation sites is 1. The lowest BCUT2D eigenvalue weighted by molar-refractivity contribution is 0.480. The van der Waals surface area contributed by atoms with E-state index in [1.165, 1.54) is 5.56 Å². The molecule has 1 aliphatic rings. The molecule has 0 spiro atoms. The average molecular weight is 379 g/mol. The van der Waals surface area contributed by atoms with Crippen LogP contribution in [-0.4, -0.2) is 12.8 Å². The van der Waals surface area contributed by atoms with Gasteiger partial charge in [0.1, 0.15) is 6.17 Å². The molecule has 3 aromatic rings. The summed E-state index contributed by atoms with van der Waals surface area (Å²) in [5.74, 6) is 0. The molecule has 1 aliphatic heterocycles. The van der Waals surface area contributed by atoms with Crippen LogP contribution in [0.1, 0.15) is 17.3 Å². The number of hydrogen-bond acceptors (Lipinski definition) is 4. The molecule has 0 aromatic heterocycles. The fourth-order valence-electron chi connectivity index (χ4n) is 3.70. The smallest absolute Gasteiger partial charge is 0.156 e. The molecule has 4 N–H and O–H groups in total. The molecule has 0 fully saturated rings. The largest absolute Gasteiger partial charge is 0.338 e. The van der Waals surface area contributed by atoms with Gasteiger partial charge in [0.15, 0.2) is 6.29 Å². The predicted octanol–water partition coefficient (Wildman–Crippen LogP) is 4.11. The van der Waals surface area contributed by atoms with Gasteiger partial charge in [0.05, 0.1) is 0 Å². The molecule has 2 unspecified atom stereocenters. The van der Waals surface area contributed by atoms with Crippen molar-refractivity contribution < 1.29 is 0 Å². The first kappa shape index (κ1) is 17.9. The lowest BCUT2D eigenvalue weighted by Gasteiger charge is -2.48. The van der Waals surface area contributed by atoms with Crippen LogP contribution in [0, 0.1) is 0 Å². The van der Waals surface area contributed by atoms with Crippen LogP contribution in [0.2, 0.25) is 5.02 Å². The van der Waals surface area contributed by atoms with E-state index in [4.69, 9.17) is 23.1 Å². The van der Waals surface area contributed by atoms with E-state index in [0.717, 1.165) is 29.9 Å². The summed E-state index contributed by atoms with van der Waals surface area (Å²) in [6, 6.07) is 26.3. The van der Waals surface area contributed by atoms with Gasteiger partial charge >= 0.3 is 0 Å². The molecule has 4 rings (SSSR count). The van der Waals surface area contributed by atoms with E-state index in [1.54, 1.807) is 0 Å². The van der Waals surface area contributed by atoms with E-state index >= 15 is 0 Å². The van der Waals surface area contributed by atoms with Gasteiger partial charge in [0.25, 0.3) is 0 Å². The lowest BCUT2D eigenvalue weighted by Crippen LogP contribution is -2.61. The predicted molar refractivity (Wildman–Crippen MR) is 113 cm³/mol. The fourth-order valence-corrected chi connectivity index (χ4v) is 3.89. The molecule has 0 amide bonds. The number of benzene rings is 3. The number of nitrogens with two attached hydrogens (primary N) is 2. The van der Waals surface area contributed by atoms with Crippen molar-refractivity contribution in [3.05, 3.63) is 95.0 Å². The Kier molecular flexibility index (Phi) is 5.03. The zero-order valence-corrected chi connectivity index (χ0v) is 15.8. The summed E-state index contributed by atoms with van der Waals surface area (Å²) in [5.41, 5.74) is 17.7. The first-order valence-corrected chi connectivity index (χ1v) is 9.47. The van der Waals surface area contributed by atoms with Crippen LogP contribution in [0.5, 0.6) is 0 Å². The lowest BCUT2D eigenvalue weighted by atomic mass is 10.0. The molecule has 0 radical (unpaired) electrons. The standard InChI is InChI=1S/C22H23ClN4/c23-17-9-6-10-18(15-17)27-21(24)19-11-4-5-12-20(19)26(22(27)25)14-13-16-7-2-1-3-8-16/h1-12,15,21-22H,13-14,24-25H2. The van der Waals surface area contributed by atoms with Crippen molar-refractivity contribution in [2.45, 2.75) is 18.9 Å². The monoisotopic (exact) mass is 378 g/mol. The fraction of sp³-hybridized carbons (Fsp3) is 0.182. The van der Waals surface area contributed by atoms with Crippen molar-refractivity contribution in [2.24, 2.45) is 11.5 Å². The highest BCUT2D eigenvalue weighted by Gasteiger charge is 2.35. The SMILES string of the molecule is NC1c2ccccc2N(CCc2ccccc2)C(N)N1c1cccc(Cl)c1. The summed E-state index contributed by atoms with van der Waals surface area (Å²) in [5, 5.41) is 0.668. The van der Waals surface area contributed by atoms with Crippen molar-refractivity contribution in [2.75, 3.05) is 16.3 Å². The highest BCUT2D eigenvalue weighted by molar-refractivity contribution is 6.30. The van der Waals surface area contributed by atoms with Crippen LogP contribution in [0.25, 0.3) is 0 Å². The summed E-state index contributed by atoms with van der Waals surface area (Å²) in [6.45, 7) is 0.798. The number of anilines is 2. The Bertz CT molecular complexity index is 915. The maximum Gasteiger partial charge on any atom is 0.156 e. The van der Waals surface area contributed by atoms with E-state index in [1.807, 2.05) is 47.4 Å². The number of fused-ring (bicyclic) bond motifs is 1. The minimum absolute atomic E-state index is 0.331. The van der Waals surface area contributed by atoms with Gasteiger partial charge in [-0.15, -0.1) is 0 Å². The maximum atomic E-state index is 6.70. The van der Waals surface area contributed by atoms with E-state index in [2.05, 4.69) is 41.3 Å². The minimum Gasteiger partial charge on any atom is -0.338 e. The first-order chi connectivity index (χ1) is 13.1. The molecule has 0 saturated carbocycles. The highest BCUT2D eigenvalue weighted by Crippen LogP contribution is 2.38. The first-order valence-electron chi connectivity index (χ1n) is 9.10. The van der Waals surface area contributed by atoms with Gasteiger partial charge in [0, 0.05) is 28.5 Å². The summed E-state index contributed by atoms with van der Waals surface area (Å²) in [7, 11) is 0. The molecule has 27 heavy (non-hydrogen) atoms. The number of rotatable bonds is 4. The van der Waals surface area contributed by atoms with E-state index in [-0.39, 0.29) is 12.5 Å². The Morgan fingerprint density at radius 2 is 1.59 bits per heavy atom. The van der Waals surface area contributed by atoms with Crippen LogP contribution >= 0.6 is 11.6 Å². The van der Waals surface area contributed by atoms with Gasteiger partial charge in [-0.05, 0) is 36.2 Å². The molecular weight excluding hydrogens is 356 g/mol. The maximum absolute atomic E-state index is 6.70. The van der Waals surface area contributed by atoms with Crippen LogP contribution in [0.15, 0.2) is 78.9 Å². The normalized spacial score (nSPS) is 19.1. The topological polar surface area (TPSA) is 58.5 Å². The van der Waals surface area contributed by atoms with E-state index in [9.17, 15) is 0 Å². The van der Waals surface area contributed by atoms with Crippen LogP contribution in [-0.2, 0) is 6.42 Å². The zero-order valence-electron chi connectivity index (χ0n) is 15.0. The van der Waals surface area contributed by atoms with Crippen molar-refractivity contribution in [1.82, 2.24) is 0 Å². The van der Waals surface area contributed by atoms with Crippen molar-refractivity contribution in [3.8, 4) is 0 Å².